The Morgan fingerprint density at radius 2 is 2.03 bits per heavy atom. The molecule has 0 radical (unpaired) electrons. The highest BCUT2D eigenvalue weighted by Crippen LogP contribution is 2.27. The molecule has 1 heterocycles. The molecule has 0 unspecified atom stereocenters. The normalized spacial score (nSPS) is 16.3. The van der Waals surface area contributed by atoms with Crippen molar-refractivity contribution in [3.63, 3.8) is 0 Å². The van der Waals surface area contributed by atoms with Crippen LogP contribution in [-0.2, 0) is 11.3 Å². The predicted octanol–water partition coefficient (Wildman–Crippen LogP) is 5.28. The Kier molecular flexibility index (Phi) is 7.73. The predicted molar refractivity (Wildman–Crippen MR) is 118 cm³/mol. The van der Waals surface area contributed by atoms with Gasteiger partial charge < -0.3 is 10.1 Å². The molecule has 1 aliphatic heterocycles. The maximum Gasteiger partial charge on any atom is 0.223 e. The highest BCUT2D eigenvalue weighted by Gasteiger charge is 2.27. The Morgan fingerprint density at radius 3 is 2.63 bits per heavy atom. The van der Waals surface area contributed by atoms with Crippen LogP contribution in [0.1, 0.15) is 48.9 Å². The van der Waals surface area contributed by atoms with E-state index in [1.54, 1.807) is 19.2 Å². The molecule has 0 bridgehead atoms. The summed E-state index contributed by atoms with van der Waals surface area (Å²) in [5, 5.41) is 3.67. The number of carbonyl (C=O) groups excluding carboxylic acids is 1. The number of hydrogen-bond acceptors (Lipinski definition) is 3. The first kappa shape index (κ1) is 22.6. The van der Waals surface area contributed by atoms with Gasteiger partial charge in [0.1, 0.15) is 11.6 Å². The van der Waals surface area contributed by atoms with E-state index in [0.717, 1.165) is 49.2 Å². The third-order valence-corrected chi connectivity index (χ3v) is 6.30. The summed E-state index contributed by atoms with van der Waals surface area (Å²) in [6.45, 7) is 6.06. The molecular formula is C24H30ClFN2O2. The lowest BCUT2D eigenvalue weighted by Gasteiger charge is -2.32. The summed E-state index contributed by atoms with van der Waals surface area (Å²) in [6.07, 6.45) is 2.34. The maximum atomic E-state index is 14.0. The molecule has 1 aliphatic rings. The van der Waals surface area contributed by atoms with Crippen LogP contribution in [-0.4, -0.2) is 31.0 Å². The minimum absolute atomic E-state index is 0.0163. The van der Waals surface area contributed by atoms with Crippen molar-refractivity contribution in [3.05, 3.63) is 63.9 Å². The summed E-state index contributed by atoms with van der Waals surface area (Å²) in [5.74, 6) is 0.648. The van der Waals surface area contributed by atoms with Crippen LogP contribution in [0.4, 0.5) is 4.39 Å². The number of benzene rings is 2. The minimum atomic E-state index is -0.275. The Labute approximate surface area is 183 Å². The third kappa shape index (κ3) is 5.32. The van der Waals surface area contributed by atoms with Crippen molar-refractivity contribution in [2.24, 2.45) is 5.92 Å². The van der Waals surface area contributed by atoms with E-state index in [-0.39, 0.29) is 23.7 Å². The number of nitrogens with one attached hydrogen (secondary N) is 1. The largest absolute Gasteiger partial charge is 0.496 e. The van der Waals surface area contributed by atoms with E-state index in [1.165, 1.54) is 6.07 Å². The van der Waals surface area contributed by atoms with Gasteiger partial charge in [-0.1, -0.05) is 36.7 Å². The first-order valence-electron chi connectivity index (χ1n) is 10.5. The highest BCUT2D eigenvalue weighted by atomic mass is 35.5. The zero-order valence-corrected chi connectivity index (χ0v) is 18.6. The lowest BCUT2D eigenvalue weighted by Crippen LogP contribution is -2.41. The van der Waals surface area contributed by atoms with Gasteiger partial charge in [0.15, 0.2) is 0 Å². The molecule has 1 N–H and O–H groups in total. The summed E-state index contributed by atoms with van der Waals surface area (Å²) in [7, 11) is 1.66. The third-order valence-electron chi connectivity index (χ3n) is 5.95. The fraction of sp³-hybridized carbons (Fsp3) is 0.458. The Bertz CT molecular complexity index is 861. The Balaban J connectivity index is 1.56. The molecule has 2 aromatic rings. The summed E-state index contributed by atoms with van der Waals surface area (Å²) in [5.41, 5.74) is 2.68. The first-order valence-corrected chi connectivity index (χ1v) is 10.9. The standard InChI is InChI=1S/C24H30ClFN2O2/c1-4-22(18-8-9-23(30-3)16(2)14-18)27-24(29)17-10-12-28(13-11-17)15-19-20(25)6-5-7-21(19)26/h5-9,14,17,22H,4,10-13,15H2,1-3H3,(H,27,29)/t22-/m1/s1. The van der Waals surface area contributed by atoms with Crippen molar-refractivity contribution in [3.8, 4) is 5.75 Å². The molecule has 30 heavy (non-hydrogen) atoms. The molecule has 0 spiro atoms. The number of piperidine rings is 1. The summed E-state index contributed by atoms with van der Waals surface area (Å²) < 4.78 is 19.4. The quantitative estimate of drug-likeness (QED) is 0.647. The van der Waals surface area contributed by atoms with Crippen LogP contribution < -0.4 is 10.1 Å². The topological polar surface area (TPSA) is 41.6 Å². The summed E-state index contributed by atoms with van der Waals surface area (Å²) in [4.78, 5) is 15.1. The van der Waals surface area contributed by atoms with E-state index in [4.69, 9.17) is 16.3 Å². The fourth-order valence-electron chi connectivity index (χ4n) is 4.09. The number of hydrogen-bond donors (Lipinski definition) is 1. The molecule has 162 valence electrons. The van der Waals surface area contributed by atoms with Crippen molar-refractivity contribution in [1.82, 2.24) is 10.2 Å². The molecule has 6 heteroatoms. The minimum Gasteiger partial charge on any atom is -0.496 e. The van der Waals surface area contributed by atoms with Crippen molar-refractivity contribution in [2.45, 2.75) is 45.7 Å². The zero-order valence-electron chi connectivity index (χ0n) is 17.9. The van der Waals surface area contributed by atoms with Crippen LogP contribution in [0.2, 0.25) is 5.02 Å². The number of likely N-dealkylation sites (tertiary alicyclic amines) is 1. The maximum absolute atomic E-state index is 14.0. The number of carbonyl (C=O) groups is 1. The monoisotopic (exact) mass is 432 g/mol. The number of nitrogens with zero attached hydrogens (tertiary/aromatic N) is 1. The van der Waals surface area contributed by atoms with Crippen molar-refractivity contribution in [1.29, 1.82) is 0 Å². The lowest BCUT2D eigenvalue weighted by molar-refractivity contribution is -0.127. The van der Waals surface area contributed by atoms with Crippen LogP contribution in [0.25, 0.3) is 0 Å². The molecule has 4 nitrogen and oxygen atoms in total. The molecule has 1 saturated heterocycles. The number of amides is 1. The van der Waals surface area contributed by atoms with E-state index in [9.17, 15) is 9.18 Å². The van der Waals surface area contributed by atoms with Crippen molar-refractivity contribution < 1.29 is 13.9 Å². The molecule has 1 amide bonds. The number of halogens is 2. The van der Waals surface area contributed by atoms with Crippen LogP contribution >= 0.6 is 11.6 Å². The van der Waals surface area contributed by atoms with Crippen LogP contribution in [0.5, 0.6) is 5.75 Å². The second-order valence-electron chi connectivity index (χ2n) is 7.95. The average molecular weight is 433 g/mol. The van der Waals surface area contributed by atoms with Gasteiger partial charge in [-0.15, -0.1) is 0 Å². The van der Waals surface area contributed by atoms with Gasteiger partial charge in [0.2, 0.25) is 5.91 Å². The van der Waals surface area contributed by atoms with Crippen molar-refractivity contribution >= 4 is 17.5 Å². The average Bonchev–Trinajstić information content (AvgIpc) is 2.75. The van der Waals surface area contributed by atoms with Gasteiger partial charge in [-0.05, 0) is 68.6 Å². The molecule has 0 saturated carbocycles. The number of rotatable bonds is 7. The van der Waals surface area contributed by atoms with Crippen LogP contribution in [0.3, 0.4) is 0 Å². The van der Waals surface area contributed by atoms with E-state index in [2.05, 4.69) is 23.2 Å². The van der Waals surface area contributed by atoms with Crippen LogP contribution in [0.15, 0.2) is 36.4 Å². The molecule has 3 rings (SSSR count). The molecule has 1 atom stereocenters. The van der Waals surface area contributed by atoms with E-state index in [0.29, 0.717) is 17.1 Å². The highest BCUT2D eigenvalue weighted by molar-refractivity contribution is 6.31. The summed E-state index contributed by atoms with van der Waals surface area (Å²) in [6, 6.07) is 10.8. The van der Waals surface area contributed by atoms with E-state index >= 15 is 0 Å². The number of aryl methyl sites for hydroxylation is 1. The number of methoxy groups -OCH3 is 1. The molecular weight excluding hydrogens is 403 g/mol. The SMILES string of the molecule is CC[C@@H](NC(=O)C1CCN(Cc2c(F)cccc2Cl)CC1)c1ccc(OC)c(C)c1. The number of ether oxygens (including phenoxy) is 1. The van der Waals surface area contributed by atoms with Crippen LogP contribution in [0, 0.1) is 18.7 Å². The van der Waals surface area contributed by atoms with Crippen molar-refractivity contribution in [2.75, 3.05) is 20.2 Å². The van der Waals surface area contributed by atoms with E-state index in [1.807, 2.05) is 19.1 Å². The molecule has 1 fully saturated rings. The molecule has 0 aromatic heterocycles. The van der Waals surface area contributed by atoms with Gasteiger partial charge in [0.05, 0.1) is 13.2 Å². The lowest BCUT2D eigenvalue weighted by atomic mass is 9.94. The van der Waals surface area contributed by atoms with Gasteiger partial charge in [-0.25, -0.2) is 4.39 Å². The van der Waals surface area contributed by atoms with Gasteiger partial charge in [0.25, 0.3) is 0 Å². The Hall–Kier alpha value is -2.11. The van der Waals surface area contributed by atoms with Gasteiger partial charge in [0, 0.05) is 23.0 Å². The van der Waals surface area contributed by atoms with Gasteiger partial charge >= 0.3 is 0 Å². The second-order valence-corrected chi connectivity index (χ2v) is 8.36. The van der Waals surface area contributed by atoms with Gasteiger partial charge in [-0.3, -0.25) is 9.69 Å². The molecule has 0 aliphatic carbocycles. The Morgan fingerprint density at radius 1 is 1.30 bits per heavy atom. The molecule has 2 aromatic carbocycles. The summed E-state index contributed by atoms with van der Waals surface area (Å²) >= 11 is 6.15. The zero-order chi connectivity index (χ0) is 21.7. The fourth-order valence-corrected chi connectivity index (χ4v) is 4.31. The van der Waals surface area contributed by atoms with Gasteiger partial charge in [-0.2, -0.15) is 0 Å². The smallest absolute Gasteiger partial charge is 0.223 e. The second kappa shape index (κ2) is 10.3. The van der Waals surface area contributed by atoms with E-state index < -0.39 is 0 Å². The first-order chi connectivity index (χ1) is 14.4.